The van der Waals surface area contributed by atoms with Crippen LogP contribution in [-0.2, 0) is 0 Å². The van der Waals surface area contributed by atoms with E-state index in [1.165, 1.54) is 32.1 Å². The molecule has 0 aromatic carbocycles. The second kappa shape index (κ2) is 4.01. The van der Waals surface area contributed by atoms with E-state index in [9.17, 15) is 0 Å². The van der Waals surface area contributed by atoms with Crippen LogP contribution in [0, 0.1) is 0 Å². The minimum absolute atomic E-state index is 0.530. The Labute approximate surface area is 98.7 Å². The van der Waals surface area contributed by atoms with E-state index in [-0.39, 0.29) is 0 Å². The van der Waals surface area contributed by atoms with Gasteiger partial charge in [-0.15, -0.1) is 11.3 Å². The first kappa shape index (κ1) is 10.0. The van der Waals surface area contributed by atoms with Gasteiger partial charge in [-0.1, -0.05) is 19.3 Å². The van der Waals surface area contributed by atoms with Crippen molar-refractivity contribution in [3.63, 3.8) is 0 Å². The average molecular weight is 233 g/mol. The summed E-state index contributed by atoms with van der Waals surface area (Å²) in [6.07, 6.45) is 6.40. The minimum atomic E-state index is 0.530. The Bertz CT molecular complexity index is 500. The Morgan fingerprint density at radius 3 is 2.81 bits per heavy atom. The molecule has 1 aliphatic carbocycles. The van der Waals surface area contributed by atoms with Crippen LogP contribution in [0.4, 0.5) is 5.82 Å². The van der Waals surface area contributed by atoms with Crippen molar-refractivity contribution in [3.8, 4) is 0 Å². The molecule has 0 unspecified atom stereocenters. The van der Waals surface area contributed by atoms with Crippen LogP contribution >= 0.6 is 11.3 Å². The number of nitrogen functional groups attached to an aromatic ring is 1. The van der Waals surface area contributed by atoms with Crippen molar-refractivity contribution in [1.29, 1.82) is 0 Å². The lowest BCUT2D eigenvalue weighted by atomic mass is 9.89. The van der Waals surface area contributed by atoms with E-state index in [4.69, 9.17) is 5.73 Å². The van der Waals surface area contributed by atoms with Crippen LogP contribution in [0.15, 0.2) is 11.4 Å². The maximum atomic E-state index is 5.96. The highest BCUT2D eigenvalue weighted by atomic mass is 32.1. The van der Waals surface area contributed by atoms with E-state index in [1.54, 1.807) is 11.3 Å². The second-order valence-corrected chi connectivity index (χ2v) is 5.34. The summed E-state index contributed by atoms with van der Waals surface area (Å²) in [5.74, 6) is 2.14. The molecule has 2 N–H and O–H groups in total. The molecule has 2 heterocycles. The fourth-order valence-corrected chi connectivity index (χ4v) is 3.22. The summed E-state index contributed by atoms with van der Waals surface area (Å²) in [7, 11) is 0. The van der Waals surface area contributed by atoms with Crippen molar-refractivity contribution in [1.82, 2.24) is 9.97 Å². The lowest BCUT2D eigenvalue weighted by molar-refractivity contribution is 0.430. The van der Waals surface area contributed by atoms with Crippen LogP contribution in [0.25, 0.3) is 10.2 Å². The third kappa shape index (κ3) is 1.67. The molecule has 4 heteroatoms. The van der Waals surface area contributed by atoms with E-state index >= 15 is 0 Å². The number of nitrogens with zero attached hydrogens (tertiary/aromatic N) is 2. The van der Waals surface area contributed by atoms with Gasteiger partial charge in [0, 0.05) is 5.92 Å². The normalized spacial score (nSPS) is 18.0. The van der Waals surface area contributed by atoms with E-state index in [0.717, 1.165) is 16.0 Å². The standard InChI is InChI=1S/C12H15N3S/c13-10-9-6-7-16-12(9)15-11(14-10)8-4-2-1-3-5-8/h6-8H,1-5H2,(H2,13,14,15). The van der Waals surface area contributed by atoms with Crippen LogP contribution in [0.1, 0.15) is 43.8 Å². The molecule has 1 aliphatic rings. The summed E-state index contributed by atoms with van der Waals surface area (Å²) in [4.78, 5) is 10.2. The van der Waals surface area contributed by atoms with Crippen LogP contribution in [0.5, 0.6) is 0 Å². The molecule has 16 heavy (non-hydrogen) atoms. The molecule has 3 rings (SSSR count). The maximum absolute atomic E-state index is 5.96. The summed E-state index contributed by atoms with van der Waals surface area (Å²) < 4.78 is 0. The molecule has 2 aromatic heterocycles. The van der Waals surface area contributed by atoms with Crippen LogP contribution in [-0.4, -0.2) is 9.97 Å². The molecule has 0 radical (unpaired) electrons. The first-order valence-electron chi connectivity index (χ1n) is 5.85. The number of rotatable bonds is 1. The molecular formula is C12H15N3S. The Morgan fingerprint density at radius 2 is 2.00 bits per heavy atom. The molecule has 0 bridgehead atoms. The van der Waals surface area contributed by atoms with E-state index in [0.29, 0.717) is 11.7 Å². The average Bonchev–Trinajstić information content (AvgIpc) is 2.79. The molecule has 0 saturated heterocycles. The zero-order chi connectivity index (χ0) is 11.0. The lowest BCUT2D eigenvalue weighted by Gasteiger charge is -2.20. The fraction of sp³-hybridized carbons (Fsp3) is 0.500. The van der Waals surface area contributed by atoms with Gasteiger partial charge in [-0.3, -0.25) is 0 Å². The zero-order valence-corrected chi connectivity index (χ0v) is 9.96. The van der Waals surface area contributed by atoms with Gasteiger partial charge in [0.1, 0.15) is 16.5 Å². The summed E-state index contributed by atoms with van der Waals surface area (Å²) in [5, 5.41) is 3.03. The monoisotopic (exact) mass is 233 g/mol. The van der Waals surface area contributed by atoms with Crippen LogP contribution in [0.2, 0.25) is 0 Å². The smallest absolute Gasteiger partial charge is 0.135 e. The Morgan fingerprint density at radius 1 is 1.19 bits per heavy atom. The van der Waals surface area contributed by atoms with Crippen LogP contribution < -0.4 is 5.73 Å². The molecule has 0 spiro atoms. The van der Waals surface area contributed by atoms with Gasteiger partial charge in [0.15, 0.2) is 0 Å². The number of anilines is 1. The van der Waals surface area contributed by atoms with Crippen molar-refractivity contribution >= 4 is 27.4 Å². The molecule has 1 fully saturated rings. The van der Waals surface area contributed by atoms with Gasteiger partial charge in [-0.25, -0.2) is 9.97 Å². The second-order valence-electron chi connectivity index (χ2n) is 4.44. The number of aromatic nitrogens is 2. The van der Waals surface area contributed by atoms with Gasteiger partial charge < -0.3 is 5.73 Å². The van der Waals surface area contributed by atoms with Crippen LogP contribution in [0.3, 0.4) is 0 Å². The number of nitrogens with two attached hydrogens (primary N) is 1. The molecule has 1 saturated carbocycles. The number of hydrogen-bond acceptors (Lipinski definition) is 4. The Balaban J connectivity index is 2.02. The van der Waals surface area contributed by atoms with Gasteiger partial charge >= 0.3 is 0 Å². The Kier molecular flexibility index (Phi) is 2.52. The van der Waals surface area contributed by atoms with Gasteiger partial charge in [0.2, 0.25) is 0 Å². The number of fused-ring (bicyclic) bond motifs is 1. The van der Waals surface area contributed by atoms with E-state index < -0.39 is 0 Å². The fourth-order valence-electron chi connectivity index (χ4n) is 2.44. The van der Waals surface area contributed by atoms with Crippen molar-refractivity contribution in [2.75, 3.05) is 5.73 Å². The highest BCUT2D eigenvalue weighted by molar-refractivity contribution is 7.16. The van der Waals surface area contributed by atoms with Crippen molar-refractivity contribution in [3.05, 3.63) is 17.3 Å². The first-order valence-corrected chi connectivity index (χ1v) is 6.73. The minimum Gasteiger partial charge on any atom is -0.383 e. The van der Waals surface area contributed by atoms with E-state index in [2.05, 4.69) is 9.97 Å². The molecule has 0 amide bonds. The highest BCUT2D eigenvalue weighted by Crippen LogP contribution is 2.33. The topological polar surface area (TPSA) is 51.8 Å². The Hall–Kier alpha value is -1.16. The van der Waals surface area contributed by atoms with Gasteiger partial charge in [-0.05, 0) is 24.3 Å². The number of thiophene rings is 1. The predicted molar refractivity (Wildman–Crippen MR) is 67.7 cm³/mol. The first-order chi connectivity index (χ1) is 7.84. The molecule has 0 atom stereocenters. The summed E-state index contributed by atoms with van der Waals surface area (Å²) >= 11 is 1.65. The maximum Gasteiger partial charge on any atom is 0.135 e. The van der Waals surface area contributed by atoms with Crippen molar-refractivity contribution in [2.45, 2.75) is 38.0 Å². The molecule has 2 aromatic rings. The molecule has 0 aliphatic heterocycles. The van der Waals surface area contributed by atoms with Gasteiger partial charge in [0.05, 0.1) is 5.39 Å². The third-order valence-corrected chi connectivity index (χ3v) is 4.15. The lowest BCUT2D eigenvalue weighted by Crippen LogP contribution is -2.09. The van der Waals surface area contributed by atoms with Gasteiger partial charge in [-0.2, -0.15) is 0 Å². The number of hydrogen-bond donors (Lipinski definition) is 1. The van der Waals surface area contributed by atoms with E-state index in [1.807, 2.05) is 11.4 Å². The summed E-state index contributed by atoms with van der Waals surface area (Å²) in [5.41, 5.74) is 5.96. The molecular weight excluding hydrogens is 218 g/mol. The molecule has 84 valence electrons. The summed E-state index contributed by atoms with van der Waals surface area (Å²) in [6.45, 7) is 0. The molecule has 3 nitrogen and oxygen atoms in total. The summed E-state index contributed by atoms with van der Waals surface area (Å²) in [6, 6.07) is 2.00. The van der Waals surface area contributed by atoms with Crippen molar-refractivity contribution < 1.29 is 0 Å². The van der Waals surface area contributed by atoms with Gasteiger partial charge in [0.25, 0.3) is 0 Å². The van der Waals surface area contributed by atoms with Crippen molar-refractivity contribution in [2.24, 2.45) is 0 Å². The predicted octanol–water partition coefficient (Wildman–Crippen LogP) is 3.32. The quantitative estimate of drug-likeness (QED) is 0.822. The largest absolute Gasteiger partial charge is 0.383 e. The zero-order valence-electron chi connectivity index (χ0n) is 9.15. The SMILES string of the molecule is Nc1nc(C2CCCCC2)nc2sccc12. The third-order valence-electron chi connectivity index (χ3n) is 3.34. The highest BCUT2D eigenvalue weighted by Gasteiger charge is 2.19.